The van der Waals surface area contributed by atoms with Gasteiger partial charge >= 0.3 is 6.18 Å². The van der Waals surface area contributed by atoms with Gasteiger partial charge in [0.25, 0.3) is 0 Å². The fourth-order valence-electron chi connectivity index (χ4n) is 1.07. The highest BCUT2D eigenvalue weighted by Crippen LogP contribution is 2.33. The Morgan fingerprint density at radius 2 is 1.86 bits per heavy atom. The molecule has 0 fully saturated rings. The van der Waals surface area contributed by atoms with E-state index in [4.69, 9.17) is 5.73 Å². The van der Waals surface area contributed by atoms with Crippen molar-refractivity contribution in [3.8, 4) is 0 Å². The first-order chi connectivity index (χ1) is 5.95. The van der Waals surface area contributed by atoms with Crippen molar-refractivity contribution in [3.63, 3.8) is 0 Å². The molecule has 0 aliphatic heterocycles. The van der Waals surface area contributed by atoms with Gasteiger partial charge in [-0.15, -0.1) is 12.4 Å². The van der Waals surface area contributed by atoms with Gasteiger partial charge < -0.3 is 5.73 Å². The zero-order valence-electron chi connectivity index (χ0n) is 7.56. The van der Waals surface area contributed by atoms with Crippen molar-refractivity contribution in [2.24, 2.45) is 0 Å². The van der Waals surface area contributed by atoms with Gasteiger partial charge in [-0.3, -0.25) is 0 Å². The van der Waals surface area contributed by atoms with Crippen molar-refractivity contribution in [1.82, 2.24) is 0 Å². The maximum Gasteiger partial charge on any atom is 0.418 e. The molecule has 2 N–H and O–H groups in total. The molecule has 0 aliphatic carbocycles. The monoisotopic (exact) mass is 225 g/mol. The summed E-state index contributed by atoms with van der Waals surface area (Å²) in [4.78, 5) is 0. The normalized spacial score (nSPS) is 10.9. The van der Waals surface area contributed by atoms with Gasteiger partial charge in [-0.05, 0) is 24.1 Å². The predicted molar refractivity (Wildman–Crippen MR) is 52.5 cm³/mol. The van der Waals surface area contributed by atoms with Crippen LogP contribution in [-0.4, -0.2) is 0 Å². The fourth-order valence-corrected chi connectivity index (χ4v) is 1.07. The number of benzene rings is 1. The molecule has 0 amide bonds. The van der Waals surface area contributed by atoms with E-state index in [9.17, 15) is 13.2 Å². The third-order valence-electron chi connectivity index (χ3n) is 1.83. The fraction of sp³-hybridized carbons (Fsp3) is 0.333. The lowest BCUT2D eigenvalue weighted by molar-refractivity contribution is -0.136. The number of aryl methyl sites for hydroxylation is 1. The van der Waals surface area contributed by atoms with E-state index in [-0.39, 0.29) is 18.1 Å². The lowest BCUT2D eigenvalue weighted by atomic mass is 10.1. The van der Waals surface area contributed by atoms with Crippen LogP contribution in [0.4, 0.5) is 18.9 Å². The molecule has 14 heavy (non-hydrogen) atoms. The lowest BCUT2D eigenvalue weighted by Gasteiger charge is -2.10. The van der Waals surface area contributed by atoms with E-state index in [0.717, 1.165) is 6.07 Å². The molecule has 0 aromatic heterocycles. The number of anilines is 1. The zero-order chi connectivity index (χ0) is 10.1. The quantitative estimate of drug-likeness (QED) is 0.730. The third kappa shape index (κ3) is 2.80. The number of rotatable bonds is 1. The minimum absolute atomic E-state index is 0. The summed E-state index contributed by atoms with van der Waals surface area (Å²) in [6, 6.07) is 3.99. The summed E-state index contributed by atoms with van der Waals surface area (Å²) in [5.41, 5.74) is 4.89. The largest absolute Gasteiger partial charge is 0.418 e. The van der Waals surface area contributed by atoms with Gasteiger partial charge in [-0.25, -0.2) is 0 Å². The summed E-state index contributed by atoms with van der Waals surface area (Å²) in [7, 11) is 0. The van der Waals surface area contributed by atoms with Crippen LogP contribution in [-0.2, 0) is 12.6 Å². The summed E-state index contributed by atoms with van der Waals surface area (Å²) in [6.45, 7) is 1.80. The van der Waals surface area contributed by atoms with E-state index >= 15 is 0 Å². The second-order valence-electron chi connectivity index (χ2n) is 2.77. The first-order valence-corrected chi connectivity index (χ1v) is 3.90. The molecular formula is C9H11ClF3N. The van der Waals surface area contributed by atoms with E-state index in [2.05, 4.69) is 0 Å². The van der Waals surface area contributed by atoms with Crippen LogP contribution in [0.3, 0.4) is 0 Å². The molecule has 1 aromatic rings. The molecule has 0 radical (unpaired) electrons. The van der Waals surface area contributed by atoms with Gasteiger partial charge in [0, 0.05) is 5.69 Å². The number of halogens is 4. The Hall–Kier alpha value is -0.900. The van der Waals surface area contributed by atoms with E-state index in [0.29, 0.717) is 12.0 Å². The summed E-state index contributed by atoms with van der Waals surface area (Å²) >= 11 is 0. The van der Waals surface area contributed by atoms with Crippen molar-refractivity contribution in [3.05, 3.63) is 29.3 Å². The molecule has 1 nitrogen and oxygen atoms in total. The highest BCUT2D eigenvalue weighted by Gasteiger charge is 2.32. The zero-order valence-corrected chi connectivity index (χ0v) is 8.38. The SMILES string of the molecule is CCc1ccc(N)c(C(F)(F)F)c1.Cl. The van der Waals surface area contributed by atoms with Crippen molar-refractivity contribution < 1.29 is 13.2 Å². The number of nitrogens with two attached hydrogens (primary N) is 1. The topological polar surface area (TPSA) is 26.0 Å². The van der Waals surface area contributed by atoms with Gasteiger partial charge in [-0.1, -0.05) is 13.0 Å². The number of nitrogen functional groups attached to an aromatic ring is 1. The molecule has 0 saturated heterocycles. The van der Waals surface area contributed by atoms with Crippen LogP contribution in [0.15, 0.2) is 18.2 Å². The molecule has 0 spiro atoms. The standard InChI is InChI=1S/C9H10F3N.ClH/c1-2-6-3-4-8(13)7(5-6)9(10,11)12;/h3-5H,2,13H2,1H3;1H. The van der Waals surface area contributed by atoms with E-state index in [1.54, 1.807) is 13.0 Å². The third-order valence-corrected chi connectivity index (χ3v) is 1.83. The van der Waals surface area contributed by atoms with E-state index in [1.807, 2.05) is 0 Å². The van der Waals surface area contributed by atoms with Crippen molar-refractivity contribution in [2.75, 3.05) is 5.73 Å². The number of alkyl halides is 3. The van der Waals surface area contributed by atoms with Crippen LogP contribution in [0.1, 0.15) is 18.1 Å². The van der Waals surface area contributed by atoms with Crippen LogP contribution in [0.25, 0.3) is 0 Å². The molecule has 0 atom stereocenters. The molecule has 5 heteroatoms. The maximum absolute atomic E-state index is 12.3. The molecule has 0 aliphatic rings. The average Bonchev–Trinajstić information content (AvgIpc) is 2.03. The van der Waals surface area contributed by atoms with Gasteiger partial charge in [0.15, 0.2) is 0 Å². The minimum Gasteiger partial charge on any atom is -0.398 e. The molecule has 1 aromatic carbocycles. The Bertz CT molecular complexity index is 309. The average molecular weight is 226 g/mol. The first kappa shape index (κ1) is 13.1. The molecule has 0 saturated carbocycles. The highest BCUT2D eigenvalue weighted by atomic mass is 35.5. The van der Waals surface area contributed by atoms with Gasteiger partial charge in [0.1, 0.15) is 0 Å². The Labute approximate surface area is 86.5 Å². The molecular weight excluding hydrogens is 215 g/mol. The predicted octanol–water partition coefficient (Wildman–Crippen LogP) is 3.27. The maximum atomic E-state index is 12.3. The second kappa shape index (κ2) is 4.55. The Kier molecular flexibility index (Phi) is 4.26. The van der Waals surface area contributed by atoms with Crippen LogP contribution < -0.4 is 5.73 Å². The highest BCUT2D eigenvalue weighted by molar-refractivity contribution is 5.85. The summed E-state index contributed by atoms with van der Waals surface area (Å²) in [6.07, 6.45) is -3.78. The van der Waals surface area contributed by atoms with Crippen molar-refractivity contribution in [2.45, 2.75) is 19.5 Å². The smallest absolute Gasteiger partial charge is 0.398 e. The van der Waals surface area contributed by atoms with Crippen molar-refractivity contribution in [1.29, 1.82) is 0 Å². The Balaban J connectivity index is 0.00000169. The minimum atomic E-state index is -4.35. The van der Waals surface area contributed by atoms with Crippen molar-refractivity contribution >= 4 is 18.1 Å². The molecule has 80 valence electrons. The summed E-state index contributed by atoms with van der Waals surface area (Å²) in [5, 5.41) is 0. The first-order valence-electron chi connectivity index (χ1n) is 3.90. The number of hydrogen-bond donors (Lipinski definition) is 1. The summed E-state index contributed by atoms with van der Waals surface area (Å²) in [5.74, 6) is 0. The Morgan fingerprint density at radius 1 is 1.29 bits per heavy atom. The summed E-state index contributed by atoms with van der Waals surface area (Å²) < 4.78 is 36.9. The van der Waals surface area contributed by atoms with Gasteiger partial charge in [-0.2, -0.15) is 13.2 Å². The Morgan fingerprint density at radius 3 is 2.29 bits per heavy atom. The van der Waals surface area contributed by atoms with E-state index in [1.165, 1.54) is 6.07 Å². The molecule has 0 heterocycles. The van der Waals surface area contributed by atoms with Crippen LogP contribution in [0.5, 0.6) is 0 Å². The lowest BCUT2D eigenvalue weighted by Crippen LogP contribution is -2.09. The van der Waals surface area contributed by atoms with Crippen LogP contribution in [0, 0.1) is 0 Å². The van der Waals surface area contributed by atoms with Crippen LogP contribution >= 0.6 is 12.4 Å². The number of hydrogen-bond acceptors (Lipinski definition) is 1. The second-order valence-corrected chi connectivity index (χ2v) is 2.77. The van der Waals surface area contributed by atoms with E-state index < -0.39 is 11.7 Å². The molecule has 0 bridgehead atoms. The molecule has 0 unspecified atom stereocenters. The van der Waals surface area contributed by atoms with Gasteiger partial charge in [0.05, 0.1) is 5.56 Å². The molecule has 1 rings (SSSR count). The van der Waals surface area contributed by atoms with Crippen LogP contribution in [0.2, 0.25) is 0 Å². The van der Waals surface area contributed by atoms with Gasteiger partial charge in [0.2, 0.25) is 0 Å².